The second-order valence-electron chi connectivity index (χ2n) is 9.54. The Bertz CT molecular complexity index is 1370. The Balaban J connectivity index is 1.15. The van der Waals surface area contributed by atoms with Crippen molar-refractivity contribution in [2.24, 2.45) is 0 Å². The average Bonchev–Trinajstić information content (AvgIpc) is 3.57. The number of aromatic hydroxyl groups is 1. The van der Waals surface area contributed by atoms with E-state index in [4.69, 9.17) is 14.2 Å². The van der Waals surface area contributed by atoms with Gasteiger partial charge in [-0.15, -0.1) is 11.3 Å². The number of carbonyl (C=O) groups excluding carboxylic acids is 1. The van der Waals surface area contributed by atoms with Gasteiger partial charge in [0.15, 0.2) is 17.3 Å². The number of hydrogen-bond acceptors (Lipinski definition) is 8. The van der Waals surface area contributed by atoms with Crippen LogP contribution in [-0.4, -0.2) is 53.7 Å². The van der Waals surface area contributed by atoms with E-state index in [1.807, 2.05) is 37.4 Å². The fourth-order valence-corrected chi connectivity index (χ4v) is 5.86. The van der Waals surface area contributed by atoms with Crippen molar-refractivity contribution in [1.82, 2.24) is 9.80 Å². The number of hydrogen-bond donors (Lipinski definition) is 1. The molecule has 0 unspecified atom stereocenters. The van der Waals surface area contributed by atoms with Gasteiger partial charge in [0.2, 0.25) is 12.6 Å². The molecule has 0 spiro atoms. The molecule has 6 rings (SSSR count). The summed E-state index contributed by atoms with van der Waals surface area (Å²) in [6.07, 6.45) is 1.82. The molecule has 0 atom stereocenters. The highest BCUT2D eigenvalue weighted by Gasteiger charge is 2.34. The fraction of sp³-hybridized carbons (Fsp3) is 0.321. The van der Waals surface area contributed by atoms with E-state index >= 15 is 0 Å². The maximum Gasteiger partial charge on any atom is 0.232 e. The average molecular weight is 505 g/mol. The molecule has 2 aromatic carbocycles. The van der Waals surface area contributed by atoms with Crippen LogP contribution in [0.1, 0.15) is 37.5 Å². The van der Waals surface area contributed by atoms with E-state index in [2.05, 4.69) is 21.9 Å². The normalized spacial score (nSPS) is 18.6. The summed E-state index contributed by atoms with van der Waals surface area (Å²) in [4.78, 5) is 18.9. The Kier molecular flexibility index (Phi) is 5.95. The van der Waals surface area contributed by atoms with Crippen LogP contribution >= 0.6 is 11.3 Å². The Labute approximate surface area is 214 Å². The summed E-state index contributed by atoms with van der Waals surface area (Å²) < 4.78 is 17.0. The number of phenols is 1. The first-order valence-electron chi connectivity index (χ1n) is 12.1. The van der Waals surface area contributed by atoms with Crippen molar-refractivity contribution in [3.63, 3.8) is 0 Å². The van der Waals surface area contributed by atoms with Crippen LogP contribution in [0.4, 0.5) is 0 Å². The van der Waals surface area contributed by atoms with Gasteiger partial charge in [0.1, 0.15) is 11.5 Å². The van der Waals surface area contributed by atoms with E-state index in [0.29, 0.717) is 29.2 Å². The van der Waals surface area contributed by atoms with Gasteiger partial charge < -0.3 is 19.3 Å². The van der Waals surface area contributed by atoms with Gasteiger partial charge in [-0.1, -0.05) is 6.07 Å². The quantitative estimate of drug-likeness (QED) is 0.504. The predicted molar refractivity (Wildman–Crippen MR) is 138 cm³/mol. The lowest BCUT2D eigenvalue weighted by atomic mass is 9.99. The first-order valence-corrected chi connectivity index (χ1v) is 13.0. The van der Waals surface area contributed by atoms with E-state index in [1.54, 1.807) is 17.4 Å². The van der Waals surface area contributed by atoms with Crippen LogP contribution in [0.15, 0.2) is 41.5 Å². The number of nitrogens with zero attached hydrogens (tertiary/aromatic N) is 2. The molecule has 8 heteroatoms. The maximum atomic E-state index is 13.2. The number of ether oxygens (including phenoxy) is 3. The summed E-state index contributed by atoms with van der Waals surface area (Å²) >= 11 is 1.58. The molecule has 3 aliphatic heterocycles. The molecular weight excluding hydrogens is 476 g/mol. The number of benzene rings is 2. The van der Waals surface area contributed by atoms with Gasteiger partial charge in [0.25, 0.3) is 0 Å². The molecule has 4 heterocycles. The molecule has 1 saturated heterocycles. The Morgan fingerprint density at radius 3 is 2.47 bits per heavy atom. The summed E-state index contributed by atoms with van der Waals surface area (Å²) in [5.41, 5.74) is 4.28. The molecule has 3 aliphatic rings. The minimum Gasteiger partial charge on any atom is -0.507 e. The predicted octanol–water partition coefficient (Wildman–Crippen LogP) is 4.73. The van der Waals surface area contributed by atoms with E-state index < -0.39 is 0 Å². The smallest absolute Gasteiger partial charge is 0.232 e. The minimum absolute atomic E-state index is 0.120. The molecule has 0 radical (unpaired) electrons. The largest absolute Gasteiger partial charge is 0.507 e. The summed E-state index contributed by atoms with van der Waals surface area (Å²) in [5, 5.41) is 12.8. The van der Waals surface area contributed by atoms with Gasteiger partial charge in [-0.2, -0.15) is 0 Å². The highest BCUT2D eigenvalue weighted by atomic mass is 32.1. The van der Waals surface area contributed by atoms with Crippen molar-refractivity contribution in [3.05, 3.63) is 74.2 Å². The molecule has 1 fully saturated rings. The number of rotatable bonds is 5. The van der Waals surface area contributed by atoms with Crippen molar-refractivity contribution >= 4 is 23.2 Å². The van der Waals surface area contributed by atoms with E-state index in [9.17, 15) is 9.90 Å². The van der Waals surface area contributed by atoms with Crippen LogP contribution in [0, 0.1) is 13.8 Å². The topological polar surface area (TPSA) is 71.5 Å². The Morgan fingerprint density at radius 2 is 1.72 bits per heavy atom. The van der Waals surface area contributed by atoms with Crippen LogP contribution in [-0.2, 0) is 13.1 Å². The van der Waals surface area contributed by atoms with Crippen LogP contribution in [0.5, 0.6) is 23.0 Å². The van der Waals surface area contributed by atoms with E-state index in [-0.39, 0.29) is 18.3 Å². The number of allylic oxidation sites excluding steroid dienone is 1. The van der Waals surface area contributed by atoms with Crippen molar-refractivity contribution < 1.29 is 24.1 Å². The second kappa shape index (κ2) is 9.28. The number of fused-ring (bicyclic) bond motifs is 2. The van der Waals surface area contributed by atoms with Gasteiger partial charge in [-0.25, -0.2) is 0 Å². The van der Waals surface area contributed by atoms with Gasteiger partial charge in [-0.05, 0) is 60.2 Å². The molecule has 36 heavy (non-hydrogen) atoms. The number of aryl methyl sites for hydroxylation is 2. The maximum absolute atomic E-state index is 13.2. The number of carbonyl (C=O) groups is 1. The number of thiophene rings is 1. The molecule has 0 saturated carbocycles. The Morgan fingerprint density at radius 1 is 0.972 bits per heavy atom. The number of Topliss-reactive ketones (excluding diaryl/α,β-unsaturated/α-hetero) is 1. The molecule has 7 nitrogen and oxygen atoms in total. The van der Waals surface area contributed by atoms with Gasteiger partial charge >= 0.3 is 0 Å². The van der Waals surface area contributed by atoms with Crippen LogP contribution in [0.2, 0.25) is 0 Å². The summed E-state index contributed by atoms with van der Waals surface area (Å²) in [5.74, 6) is 2.49. The van der Waals surface area contributed by atoms with Gasteiger partial charge in [-0.3, -0.25) is 14.6 Å². The zero-order valence-corrected chi connectivity index (χ0v) is 21.2. The SMILES string of the molecule is Cc1ccsc1/C=C1\Oc2c(CN3CCN(Cc4ccc5c(c4)OCO5)CC3)c(O)cc(C)c2C1=O. The van der Waals surface area contributed by atoms with Crippen molar-refractivity contribution in [2.75, 3.05) is 33.0 Å². The molecule has 1 aromatic heterocycles. The summed E-state index contributed by atoms with van der Waals surface area (Å²) in [6, 6.07) is 9.82. The highest BCUT2D eigenvalue weighted by Crippen LogP contribution is 2.42. The lowest BCUT2D eigenvalue weighted by Crippen LogP contribution is -2.45. The lowest BCUT2D eigenvalue weighted by molar-refractivity contribution is 0.101. The first kappa shape index (κ1) is 23.1. The van der Waals surface area contributed by atoms with Crippen molar-refractivity contribution in [2.45, 2.75) is 26.9 Å². The van der Waals surface area contributed by atoms with Crippen LogP contribution in [0.25, 0.3) is 6.08 Å². The third kappa shape index (κ3) is 4.25. The third-order valence-corrected chi connectivity index (χ3v) is 8.04. The van der Waals surface area contributed by atoms with Crippen molar-refractivity contribution in [1.29, 1.82) is 0 Å². The monoisotopic (exact) mass is 504 g/mol. The van der Waals surface area contributed by atoms with Crippen LogP contribution < -0.4 is 14.2 Å². The molecule has 186 valence electrons. The summed E-state index contributed by atoms with van der Waals surface area (Å²) in [6.45, 7) is 9.07. The molecular formula is C28H28N2O5S. The lowest BCUT2D eigenvalue weighted by Gasteiger charge is -2.35. The molecule has 0 bridgehead atoms. The van der Waals surface area contributed by atoms with Crippen LogP contribution in [0.3, 0.4) is 0 Å². The number of ketones is 1. The van der Waals surface area contributed by atoms with Crippen molar-refractivity contribution in [3.8, 4) is 23.0 Å². The minimum atomic E-state index is -0.120. The van der Waals surface area contributed by atoms with Gasteiger partial charge in [0, 0.05) is 50.2 Å². The van der Waals surface area contributed by atoms with E-state index in [1.165, 1.54) is 5.56 Å². The highest BCUT2D eigenvalue weighted by molar-refractivity contribution is 7.11. The first-order chi connectivity index (χ1) is 17.5. The molecule has 3 aromatic rings. The molecule has 0 aliphatic carbocycles. The molecule has 0 amide bonds. The van der Waals surface area contributed by atoms with Gasteiger partial charge in [0.05, 0.1) is 11.1 Å². The Hall–Kier alpha value is -3.33. The zero-order valence-electron chi connectivity index (χ0n) is 20.4. The van der Waals surface area contributed by atoms with E-state index in [0.717, 1.165) is 60.2 Å². The standard InChI is InChI=1S/C28H28N2O5S/c1-17-5-10-36-25(17)13-24-27(32)26-18(2)11-21(31)20(28(26)35-24)15-30-8-6-29(7-9-30)14-19-3-4-22-23(12-19)34-16-33-22/h3-5,10-13,31H,6-9,14-16H2,1-2H3/b24-13-. The summed E-state index contributed by atoms with van der Waals surface area (Å²) in [7, 11) is 0. The molecule has 1 N–H and O–H groups in total. The third-order valence-electron chi connectivity index (χ3n) is 7.07. The number of phenolic OH excluding ortho intramolecular Hbond substituents is 1. The number of piperazine rings is 1. The second-order valence-corrected chi connectivity index (χ2v) is 10.5. The fourth-order valence-electron chi connectivity index (χ4n) is 5.01. The zero-order chi connectivity index (χ0) is 24.8.